The summed E-state index contributed by atoms with van der Waals surface area (Å²) in [6.07, 6.45) is 6.06. The van der Waals surface area contributed by atoms with Crippen molar-refractivity contribution in [3.8, 4) is 28.3 Å². The van der Waals surface area contributed by atoms with Crippen molar-refractivity contribution in [3.05, 3.63) is 94.8 Å². The second kappa shape index (κ2) is 11.5. The van der Waals surface area contributed by atoms with Crippen molar-refractivity contribution in [3.63, 3.8) is 0 Å². The van der Waals surface area contributed by atoms with E-state index >= 15 is 0 Å². The Kier molecular flexibility index (Phi) is 7.43. The van der Waals surface area contributed by atoms with Crippen molar-refractivity contribution in [2.24, 2.45) is 7.05 Å². The minimum atomic E-state index is -0.491. The van der Waals surface area contributed by atoms with Crippen molar-refractivity contribution in [2.45, 2.75) is 19.4 Å². The Hall–Kier alpha value is -5.36. The van der Waals surface area contributed by atoms with Crippen LogP contribution >= 0.6 is 0 Å². The zero-order chi connectivity index (χ0) is 30.1. The summed E-state index contributed by atoms with van der Waals surface area (Å²) < 4.78 is 8.62. The third-order valence-corrected chi connectivity index (χ3v) is 7.68. The van der Waals surface area contributed by atoms with Crippen LogP contribution in [0.5, 0.6) is 0 Å². The lowest BCUT2D eigenvalue weighted by Gasteiger charge is -2.17. The summed E-state index contributed by atoms with van der Waals surface area (Å²) in [5, 5.41) is 2.84. The van der Waals surface area contributed by atoms with Crippen LogP contribution in [0.4, 0.5) is 17.3 Å². The van der Waals surface area contributed by atoms with Gasteiger partial charge in [0.15, 0.2) is 0 Å². The molecule has 5 aromatic rings. The van der Waals surface area contributed by atoms with Crippen LogP contribution in [0.3, 0.4) is 0 Å². The maximum absolute atomic E-state index is 13.2. The highest BCUT2D eigenvalue weighted by Gasteiger charge is 2.24. The second-order valence-corrected chi connectivity index (χ2v) is 10.3. The summed E-state index contributed by atoms with van der Waals surface area (Å²) in [4.78, 5) is 46.8. The Labute approximate surface area is 247 Å². The van der Waals surface area contributed by atoms with E-state index in [1.165, 1.54) is 4.68 Å². The van der Waals surface area contributed by atoms with Crippen LogP contribution < -0.4 is 21.5 Å². The highest BCUT2D eigenvalue weighted by molar-refractivity contribution is 6.05. The van der Waals surface area contributed by atoms with E-state index in [-0.39, 0.29) is 17.5 Å². The minimum absolute atomic E-state index is 0.0771. The molecule has 0 bridgehead atoms. The number of amides is 1. The van der Waals surface area contributed by atoms with E-state index in [2.05, 4.69) is 20.2 Å². The number of methoxy groups -OCH3 is 1. The minimum Gasteiger partial charge on any atom is -0.382 e. The van der Waals surface area contributed by atoms with E-state index in [9.17, 15) is 9.59 Å². The summed E-state index contributed by atoms with van der Waals surface area (Å²) in [5.41, 5.74) is 9.94. The molecule has 1 unspecified atom stereocenters. The molecule has 1 aliphatic heterocycles. The zero-order valence-corrected chi connectivity index (χ0v) is 24.1. The van der Waals surface area contributed by atoms with E-state index in [1.54, 1.807) is 68.6 Å². The molecule has 43 heavy (non-hydrogen) atoms. The standard InChI is InChI=1S/C31H31N9O3/c1-19-27(31(42)40(38(19)2)22-7-5-4-6-8-22)30(41)35-21-11-9-20(10-12-21)28-29(32)34-16-25(37-28)24-15-33-17-26(36-24)39-14-13-23(18-39)43-3/h4-12,15-17,23H,13-14,18H2,1-3H3,(H2,32,34)(H,35,41). The summed E-state index contributed by atoms with van der Waals surface area (Å²) in [6.45, 7) is 3.34. The van der Waals surface area contributed by atoms with Crippen LogP contribution in [0, 0.1) is 6.92 Å². The van der Waals surface area contributed by atoms with Gasteiger partial charge in [-0.15, -0.1) is 0 Å². The Morgan fingerprint density at radius 2 is 1.77 bits per heavy atom. The molecule has 2 aromatic carbocycles. The molecule has 3 N–H and O–H groups in total. The van der Waals surface area contributed by atoms with E-state index < -0.39 is 11.5 Å². The molecule has 12 nitrogen and oxygen atoms in total. The van der Waals surface area contributed by atoms with Gasteiger partial charge in [0.05, 0.1) is 36.1 Å². The predicted octanol–water partition coefficient (Wildman–Crippen LogP) is 3.46. The molecule has 1 atom stereocenters. The van der Waals surface area contributed by atoms with Crippen LogP contribution in [0.25, 0.3) is 28.3 Å². The number of para-hydroxylation sites is 1. The lowest BCUT2D eigenvalue weighted by atomic mass is 10.1. The van der Waals surface area contributed by atoms with Crippen LogP contribution in [0.2, 0.25) is 0 Å². The van der Waals surface area contributed by atoms with E-state index in [1.807, 2.05) is 30.3 Å². The van der Waals surface area contributed by atoms with Gasteiger partial charge in [-0.2, -0.15) is 0 Å². The third-order valence-electron chi connectivity index (χ3n) is 7.68. The SMILES string of the molecule is COC1CCN(c2cncc(-c3cnc(N)c(-c4ccc(NC(=O)c5c(C)n(C)n(-c6ccccc6)c5=O)cc4)n3)n2)C1. The van der Waals surface area contributed by atoms with Crippen molar-refractivity contribution in [1.29, 1.82) is 0 Å². The molecule has 1 aliphatic rings. The van der Waals surface area contributed by atoms with Crippen LogP contribution in [0.1, 0.15) is 22.5 Å². The van der Waals surface area contributed by atoms with Gasteiger partial charge < -0.3 is 20.7 Å². The maximum atomic E-state index is 13.2. The smallest absolute Gasteiger partial charge is 0.284 e. The maximum Gasteiger partial charge on any atom is 0.284 e. The fourth-order valence-corrected chi connectivity index (χ4v) is 5.23. The van der Waals surface area contributed by atoms with Gasteiger partial charge in [0, 0.05) is 38.5 Å². The summed E-state index contributed by atoms with van der Waals surface area (Å²) in [5.74, 6) is 0.519. The monoisotopic (exact) mass is 577 g/mol. The molecule has 0 aliphatic carbocycles. The number of nitrogen functional groups attached to an aromatic ring is 1. The number of nitrogens with zero attached hydrogens (tertiary/aromatic N) is 7. The molecule has 1 saturated heterocycles. The first-order valence-corrected chi connectivity index (χ1v) is 13.8. The highest BCUT2D eigenvalue weighted by atomic mass is 16.5. The fraction of sp³-hybridized carbons (Fsp3) is 0.226. The molecule has 1 amide bonds. The Balaban J connectivity index is 1.22. The first-order chi connectivity index (χ1) is 20.8. The summed E-state index contributed by atoms with van der Waals surface area (Å²) >= 11 is 0. The molecule has 12 heteroatoms. The number of carbonyl (C=O) groups excluding carboxylic acids is 1. The van der Waals surface area contributed by atoms with Gasteiger partial charge in [0.1, 0.15) is 34.3 Å². The average molecular weight is 578 g/mol. The number of carbonyl (C=O) groups is 1. The molecule has 1 fully saturated rings. The van der Waals surface area contributed by atoms with Gasteiger partial charge >= 0.3 is 0 Å². The second-order valence-electron chi connectivity index (χ2n) is 10.3. The van der Waals surface area contributed by atoms with Crippen molar-refractivity contribution < 1.29 is 9.53 Å². The Bertz CT molecular complexity index is 1850. The average Bonchev–Trinajstić information content (AvgIpc) is 3.60. The number of rotatable bonds is 7. The first-order valence-electron chi connectivity index (χ1n) is 13.8. The molecular formula is C31H31N9O3. The predicted molar refractivity (Wildman–Crippen MR) is 164 cm³/mol. The molecule has 4 heterocycles. The number of nitrogens with two attached hydrogens (primary N) is 1. The van der Waals surface area contributed by atoms with Crippen LogP contribution in [-0.2, 0) is 11.8 Å². The fourth-order valence-electron chi connectivity index (χ4n) is 5.23. The highest BCUT2D eigenvalue weighted by Crippen LogP contribution is 2.28. The van der Waals surface area contributed by atoms with E-state index in [4.69, 9.17) is 20.4 Å². The molecule has 218 valence electrons. The lowest BCUT2D eigenvalue weighted by Crippen LogP contribution is -2.25. The van der Waals surface area contributed by atoms with Gasteiger partial charge in [0.25, 0.3) is 11.5 Å². The number of benzene rings is 2. The van der Waals surface area contributed by atoms with Crippen LogP contribution in [0.15, 0.2) is 78.0 Å². The molecular weight excluding hydrogens is 546 g/mol. The largest absolute Gasteiger partial charge is 0.382 e. The van der Waals surface area contributed by atoms with Gasteiger partial charge in [0.2, 0.25) is 0 Å². The van der Waals surface area contributed by atoms with Gasteiger partial charge in [-0.3, -0.25) is 19.3 Å². The Morgan fingerprint density at radius 1 is 1.02 bits per heavy atom. The van der Waals surface area contributed by atoms with Gasteiger partial charge in [-0.1, -0.05) is 30.3 Å². The molecule has 0 saturated carbocycles. The van der Waals surface area contributed by atoms with E-state index in [0.29, 0.717) is 39.7 Å². The molecule has 0 radical (unpaired) electrons. The number of hydrogen-bond donors (Lipinski definition) is 2. The molecule has 3 aromatic heterocycles. The Morgan fingerprint density at radius 3 is 2.49 bits per heavy atom. The quantitative estimate of drug-likeness (QED) is 0.297. The topological polar surface area (TPSA) is 146 Å². The van der Waals surface area contributed by atoms with Crippen molar-refractivity contribution >= 4 is 23.2 Å². The molecule has 0 spiro atoms. The molecule has 6 rings (SSSR count). The van der Waals surface area contributed by atoms with Crippen LogP contribution in [-0.4, -0.2) is 61.5 Å². The number of aromatic nitrogens is 6. The first kappa shape index (κ1) is 27.8. The summed E-state index contributed by atoms with van der Waals surface area (Å²) in [7, 11) is 3.47. The lowest BCUT2D eigenvalue weighted by molar-refractivity contribution is 0.102. The zero-order valence-electron chi connectivity index (χ0n) is 24.1. The van der Waals surface area contributed by atoms with Gasteiger partial charge in [-0.05, 0) is 37.6 Å². The van der Waals surface area contributed by atoms with E-state index in [0.717, 1.165) is 25.3 Å². The van der Waals surface area contributed by atoms with Crippen molar-refractivity contribution in [2.75, 3.05) is 36.1 Å². The number of anilines is 3. The number of ether oxygens (including phenoxy) is 1. The normalized spacial score (nSPS) is 14.7. The third kappa shape index (κ3) is 5.35. The number of nitrogens with one attached hydrogen (secondary N) is 1. The summed E-state index contributed by atoms with van der Waals surface area (Å²) in [6, 6.07) is 16.2. The number of hydrogen-bond acceptors (Lipinski definition) is 9. The van der Waals surface area contributed by atoms with Crippen molar-refractivity contribution in [1.82, 2.24) is 29.3 Å². The van der Waals surface area contributed by atoms with Gasteiger partial charge in [-0.25, -0.2) is 19.6 Å².